The van der Waals surface area contributed by atoms with Crippen LogP contribution >= 0.6 is 0 Å². The van der Waals surface area contributed by atoms with Gasteiger partial charge in [-0.15, -0.1) is 0 Å². The highest BCUT2D eigenvalue weighted by atomic mass is 19.4. The number of fused-ring (bicyclic) bond motifs is 2. The first-order valence-corrected chi connectivity index (χ1v) is 11.2. The highest BCUT2D eigenvalue weighted by Crippen LogP contribution is 2.33. The Bertz CT molecular complexity index is 1580. The fourth-order valence-electron chi connectivity index (χ4n) is 4.88. The Labute approximate surface area is 196 Å². The van der Waals surface area contributed by atoms with Crippen LogP contribution in [0.3, 0.4) is 0 Å². The Morgan fingerprint density at radius 2 is 1.24 bits per heavy atom. The molecule has 34 heavy (non-hydrogen) atoms. The molecule has 2 nitrogen and oxygen atoms in total. The zero-order valence-electron chi connectivity index (χ0n) is 19.5. The van der Waals surface area contributed by atoms with Crippen molar-refractivity contribution >= 4 is 21.5 Å². The highest BCUT2D eigenvalue weighted by molar-refractivity contribution is 5.84. The van der Waals surface area contributed by atoms with Gasteiger partial charge in [0.05, 0.1) is 11.1 Å². The molecule has 3 aromatic carbocycles. The van der Waals surface area contributed by atoms with E-state index in [2.05, 4.69) is 0 Å². The predicted molar refractivity (Wildman–Crippen MR) is 128 cm³/mol. The SMILES string of the molecule is Cc1c(-[n+]2cc3ccccc3cc2C)cc(C(F)(F)F)cc1-[n+]1c(C)cc2ccccc2c1C. The molecule has 0 spiro atoms. The van der Waals surface area contributed by atoms with Crippen molar-refractivity contribution in [2.24, 2.45) is 0 Å². The molecule has 0 fully saturated rings. The zero-order chi connectivity index (χ0) is 24.2. The summed E-state index contributed by atoms with van der Waals surface area (Å²) in [5, 5.41) is 4.10. The van der Waals surface area contributed by atoms with Crippen molar-refractivity contribution in [3.05, 3.63) is 107 Å². The molecular weight excluding hydrogens is 433 g/mol. The molecule has 0 aliphatic rings. The number of rotatable bonds is 2. The van der Waals surface area contributed by atoms with Crippen molar-refractivity contribution in [3.63, 3.8) is 0 Å². The summed E-state index contributed by atoms with van der Waals surface area (Å²) >= 11 is 0. The first-order valence-electron chi connectivity index (χ1n) is 11.2. The highest BCUT2D eigenvalue weighted by Gasteiger charge is 2.36. The average Bonchev–Trinajstić information content (AvgIpc) is 2.79. The van der Waals surface area contributed by atoms with Gasteiger partial charge in [-0.05, 0) is 29.8 Å². The second-order valence-corrected chi connectivity index (χ2v) is 8.84. The topological polar surface area (TPSA) is 7.76 Å². The molecule has 0 saturated carbocycles. The third-order valence-corrected chi connectivity index (χ3v) is 6.59. The molecule has 0 atom stereocenters. The van der Waals surface area contributed by atoms with Crippen LogP contribution in [0, 0.1) is 27.7 Å². The van der Waals surface area contributed by atoms with Gasteiger partial charge in [0.15, 0.2) is 23.3 Å². The number of hydrogen-bond donors (Lipinski definition) is 0. The largest absolute Gasteiger partial charge is 0.416 e. The lowest BCUT2D eigenvalue weighted by molar-refractivity contribution is -0.614. The normalized spacial score (nSPS) is 12.0. The number of nitrogens with zero attached hydrogens (tertiary/aromatic N) is 2. The van der Waals surface area contributed by atoms with Crippen molar-refractivity contribution in [1.29, 1.82) is 0 Å². The van der Waals surface area contributed by atoms with Gasteiger partial charge in [0.2, 0.25) is 11.4 Å². The van der Waals surface area contributed by atoms with E-state index in [-0.39, 0.29) is 0 Å². The summed E-state index contributed by atoms with van der Waals surface area (Å²) in [5.41, 5.74) is 3.82. The first-order chi connectivity index (χ1) is 16.1. The van der Waals surface area contributed by atoms with Crippen LogP contribution in [0.5, 0.6) is 0 Å². The van der Waals surface area contributed by atoms with Crippen LogP contribution in [0.15, 0.2) is 79.0 Å². The van der Waals surface area contributed by atoms with Gasteiger partial charge in [-0.25, -0.2) is 0 Å². The van der Waals surface area contributed by atoms with Crippen molar-refractivity contribution in [3.8, 4) is 11.4 Å². The molecule has 0 aliphatic heterocycles. The van der Waals surface area contributed by atoms with Gasteiger partial charge in [-0.3, -0.25) is 0 Å². The quantitative estimate of drug-likeness (QED) is 0.257. The maximum absolute atomic E-state index is 14.1. The van der Waals surface area contributed by atoms with Crippen molar-refractivity contribution in [1.82, 2.24) is 0 Å². The summed E-state index contributed by atoms with van der Waals surface area (Å²) in [6.07, 6.45) is -2.55. The number of aryl methyl sites for hydroxylation is 3. The number of hydrogen-bond acceptors (Lipinski definition) is 0. The summed E-state index contributed by atoms with van der Waals surface area (Å²) in [6, 6.07) is 22.4. The molecular formula is C29H25F3N2+2. The van der Waals surface area contributed by atoms with Crippen molar-refractivity contribution in [2.45, 2.75) is 33.9 Å². The van der Waals surface area contributed by atoms with Gasteiger partial charge in [-0.1, -0.05) is 36.4 Å². The Morgan fingerprint density at radius 1 is 0.647 bits per heavy atom. The average molecular weight is 459 g/mol. The van der Waals surface area contributed by atoms with Gasteiger partial charge in [0.1, 0.15) is 0 Å². The van der Waals surface area contributed by atoms with Gasteiger partial charge in [-0.2, -0.15) is 22.3 Å². The van der Waals surface area contributed by atoms with E-state index in [0.29, 0.717) is 11.4 Å². The standard InChI is InChI=1S/C29H25F3N2/c1-18-13-22-9-5-6-11-24(22)17-33(18)27-15-25(29(30,31)32)16-28(20(27)3)34-19(2)14-23-10-7-8-12-26(23)21(34)4/h5-17H,1-4H3/q+2. The summed E-state index contributed by atoms with van der Waals surface area (Å²) in [7, 11) is 0. The molecule has 0 bridgehead atoms. The monoisotopic (exact) mass is 458 g/mol. The van der Waals surface area contributed by atoms with Crippen LogP contribution < -0.4 is 9.13 Å². The Kier molecular flexibility index (Phi) is 5.16. The Balaban J connectivity index is 1.86. The molecule has 170 valence electrons. The fourth-order valence-corrected chi connectivity index (χ4v) is 4.88. The minimum atomic E-state index is -4.47. The summed E-state index contributed by atoms with van der Waals surface area (Å²) in [6.45, 7) is 7.72. The van der Waals surface area contributed by atoms with Gasteiger partial charge in [0.25, 0.3) is 0 Å². The van der Waals surface area contributed by atoms with E-state index in [0.717, 1.165) is 44.2 Å². The molecule has 0 radical (unpaired) electrons. The summed E-state index contributed by atoms with van der Waals surface area (Å²) in [5.74, 6) is 0. The van der Waals surface area contributed by atoms with E-state index >= 15 is 0 Å². The second kappa shape index (κ2) is 7.94. The maximum Gasteiger partial charge on any atom is 0.416 e. The van der Waals surface area contributed by atoms with E-state index in [9.17, 15) is 13.2 Å². The predicted octanol–water partition coefficient (Wildman–Crippen LogP) is 6.80. The maximum atomic E-state index is 14.1. The molecule has 0 aliphatic carbocycles. The van der Waals surface area contributed by atoms with E-state index < -0.39 is 11.7 Å². The molecule has 0 amide bonds. The first kappa shape index (κ1) is 22.1. The second-order valence-electron chi connectivity index (χ2n) is 8.84. The molecule has 2 heterocycles. The minimum Gasteiger partial charge on any atom is -0.166 e. The Hall–Kier alpha value is -3.73. The third kappa shape index (κ3) is 3.61. The van der Waals surface area contributed by atoms with Crippen LogP contribution in [-0.4, -0.2) is 0 Å². The van der Waals surface area contributed by atoms with Crippen LogP contribution in [0.1, 0.15) is 28.2 Å². The van der Waals surface area contributed by atoms with Crippen LogP contribution in [0.4, 0.5) is 13.2 Å². The van der Waals surface area contributed by atoms with Gasteiger partial charge in [0, 0.05) is 55.8 Å². The van der Waals surface area contributed by atoms with Gasteiger partial charge >= 0.3 is 6.18 Å². The number of pyridine rings is 2. The minimum absolute atomic E-state index is 0.521. The lowest BCUT2D eigenvalue weighted by atomic mass is 10.0. The van der Waals surface area contributed by atoms with Crippen LogP contribution in [0.25, 0.3) is 32.9 Å². The van der Waals surface area contributed by atoms with Crippen LogP contribution in [-0.2, 0) is 6.18 Å². The number of alkyl halides is 3. The summed E-state index contributed by atoms with van der Waals surface area (Å²) in [4.78, 5) is 0. The number of benzene rings is 3. The molecule has 5 rings (SSSR count). The lowest BCUT2D eigenvalue weighted by Gasteiger charge is -2.14. The van der Waals surface area contributed by atoms with E-state index in [1.807, 2.05) is 104 Å². The lowest BCUT2D eigenvalue weighted by Crippen LogP contribution is -2.41. The van der Waals surface area contributed by atoms with E-state index in [1.54, 1.807) is 0 Å². The Morgan fingerprint density at radius 3 is 1.94 bits per heavy atom. The molecule has 2 aromatic heterocycles. The number of aromatic nitrogens is 2. The molecule has 0 unspecified atom stereocenters. The van der Waals surface area contributed by atoms with Crippen molar-refractivity contribution < 1.29 is 22.3 Å². The number of halogens is 3. The van der Waals surface area contributed by atoms with E-state index in [4.69, 9.17) is 0 Å². The third-order valence-electron chi connectivity index (χ3n) is 6.59. The van der Waals surface area contributed by atoms with Crippen LogP contribution in [0.2, 0.25) is 0 Å². The van der Waals surface area contributed by atoms with Gasteiger partial charge < -0.3 is 0 Å². The van der Waals surface area contributed by atoms with Crippen molar-refractivity contribution in [2.75, 3.05) is 0 Å². The zero-order valence-corrected chi connectivity index (χ0v) is 19.5. The molecule has 0 saturated heterocycles. The van der Waals surface area contributed by atoms with E-state index in [1.165, 1.54) is 12.1 Å². The molecule has 0 N–H and O–H groups in total. The fraction of sp³-hybridized carbons (Fsp3) is 0.172. The molecule has 5 heteroatoms. The summed E-state index contributed by atoms with van der Waals surface area (Å²) < 4.78 is 46.1. The molecule has 5 aromatic rings. The smallest absolute Gasteiger partial charge is 0.166 e.